The van der Waals surface area contributed by atoms with Gasteiger partial charge < -0.3 is 20.7 Å². The maximum absolute atomic E-state index is 12.6. The number of aromatic nitrogens is 4. The number of rotatable bonds is 6. The van der Waals surface area contributed by atoms with Crippen molar-refractivity contribution in [2.75, 3.05) is 35.7 Å². The zero-order chi connectivity index (χ0) is 22.0. The second kappa shape index (κ2) is 8.58. The molecule has 0 bridgehead atoms. The molecule has 0 saturated heterocycles. The van der Waals surface area contributed by atoms with Gasteiger partial charge in [-0.3, -0.25) is 4.21 Å². The largest absolute Gasteiger partial charge is 0.447 e. The van der Waals surface area contributed by atoms with E-state index < -0.39 is 22.4 Å². The molecule has 0 aromatic carbocycles. The van der Waals surface area contributed by atoms with Gasteiger partial charge in [-0.05, 0) is 31.9 Å². The first-order chi connectivity index (χ1) is 14.8. The second-order valence-corrected chi connectivity index (χ2v) is 9.57. The third kappa shape index (κ3) is 4.82. The first-order valence-electron chi connectivity index (χ1n) is 10.0. The number of aryl methyl sites for hydroxylation is 1. The van der Waals surface area contributed by atoms with Crippen molar-refractivity contribution in [3.8, 4) is 0 Å². The van der Waals surface area contributed by atoms with E-state index in [9.17, 15) is 9.00 Å². The molecule has 0 fully saturated rings. The molecule has 4 rings (SSSR count). The fraction of sp³-hybridized carbons (Fsp3) is 0.450. The number of ether oxygens (including phenoxy) is 1. The van der Waals surface area contributed by atoms with Crippen LogP contribution in [0.1, 0.15) is 31.8 Å². The highest BCUT2D eigenvalue weighted by Crippen LogP contribution is 2.32. The summed E-state index contributed by atoms with van der Waals surface area (Å²) in [5.74, 6) is 2.35. The van der Waals surface area contributed by atoms with Crippen LogP contribution in [0.3, 0.4) is 0 Å². The lowest BCUT2D eigenvalue weighted by atomic mass is 10.1. The van der Waals surface area contributed by atoms with Crippen LogP contribution in [0, 0.1) is 0 Å². The average molecular weight is 444 g/mol. The summed E-state index contributed by atoms with van der Waals surface area (Å²) in [6.45, 7) is 5.12. The Morgan fingerprint density at radius 2 is 2.06 bits per heavy atom. The minimum atomic E-state index is -1.17. The van der Waals surface area contributed by atoms with Crippen molar-refractivity contribution in [3.05, 3.63) is 36.1 Å². The van der Waals surface area contributed by atoms with Crippen LogP contribution in [0.25, 0.3) is 5.57 Å². The monoisotopic (exact) mass is 443 g/mol. The van der Waals surface area contributed by atoms with Gasteiger partial charge in [-0.15, -0.1) is 0 Å². The smallest absolute Gasteiger partial charge is 0.404 e. The zero-order valence-electron chi connectivity index (χ0n) is 17.5. The predicted molar refractivity (Wildman–Crippen MR) is 117 cm³/mol. The van der Waals surface area contributed by atoms with Crippen LogP contribution in [0.15, 0.2) is 29.4 Å². The predicted octanol–water partition coefficient (Wildman–Crippen LogP) is 1.51. The van der Waals surface area contributed by atoms with Gasteiger partial charge in [0, 0.05) is 37.7 Å². The summed E-state index contributed by atoms with van der Waals surface area (Å²) in [4.78, 5) is 31.8. The number of nitrogens with two attached hydrogens (primary N) is 1. The van der Waals surface area contributed by atoms with Crippen LogP contribution in [0.4, 0.5) is 16.6 Å². The van der Waals surface area contributed by atoms with E-state index in [1.807, 2.05) is 13.8 Å². The third-order valence-electron chi connectivity index (χ3n) is 5.05. The number of primary amides is 1. The number of amides is 1. The fourth-order valence-corrected chi connectivity index (χ4v) is 4.84. The Labute approximate surface area is 182 Å². The molecule has 0 spiro atoms. The Balaban J connectivity index is 1.58. The molecule has 2 aliphatic rings. The van der Waals surface area contributed by atoms with Crippen molar-refractivity contribution >= 4 is 34.2 Å². The highest BCUT2D eigenvalue weighted by Gasteiger charge is 2.31. The molecule has 1 amide bonds. The standard InChI is InChI=1S/C20H25N7O3S/c1-20(2,12-30-18(21)28)26-17-15-14(6-11-31(15)29)24-19(25-17)27-9-4-13(5-10-27)16-22-7-3-8-23-16/h3-4,7-8H,5-6,9-12H2,1-2H3,(H2,21,28)(H,24,25,26)/t31-/m0/s1. The van der Waals surface area contributed by atoms with Gasteiger partial charge in [-0.1, -0.05) is 6.08 Å². The van der Waals surface area contributed by atoms with E-state index >= 15 is 0 Å². The van der Waals surface area contributed by atoms with Gasteiger partial charge in [-0.2, -0.15) is 4.98 Å². The van der Waals surface area contributed by atoms with E-state index in [1.54, 1.807) is 18.5 Å². The topological polar surface area (TPSA) is 136 Å². The number of fused-ring (bicyclic) bond motifs is 1. The molecule has 11 heteroatoms. The van der Waals surface area contributed by atoms with E-state index in [0.29, 0.717) is 35.4 Å². The second-order valence-electron chi connectivity index (χ2n) is 8.06. The van der Waals surface area contributed by atoms with Gasteiger partial charge >= 0.3 is 6.09 Å². The SMILES string of the molecule is CC(C)(COC(N)=O)Nc1nc(N2CC=C(c3ncccn3)CC2)nc2c1[S@@](=O)CC2. The molecule has 3 N–H and O–H groups in total. The highest BCUT2D eigenvalue weighted by atomic mass is 32.2. The Morgan fingerprint density at radius 3 is 2.74 bits per heavy atom. The van der Waals surface area contributed by atoms with Crippen LogP contribution in [-0.4, -0.2) is 61.2 Å². The van der Waals surface area contributed by atoms with Crippen molar-refractivity contribution in [1.29, 1.82) is 0 Å². The van der Waals surface area contributed by atoms with E-state index in [0.717, 1.165) is 30.1 Å². The summed E-state index contributed by atoms with van der Waals surface area (Å²) in [6.07, 6.45) is 6.13. The third-order valence-corrected chi connectivity index (χ3v) is 6.51. The molecule has 164 valence electrons. The first-order valence-corrected chi connectivity index (χ1v) is 11.4. The Morgan fingerprint density at radius 1 is 1.29 bits per heavy atom. The van der Waals surface area contributed by atoms with Crippen molar-refractivity contribution in [2.45, 2.75) is 37.1 Å². The molecule has 2 aromatic rings. The number of anilines is 2. The Kier molecular flexibility index (Phi) is 5.86. The number of carbonyl (C=O) groups is 1. The van der Waals surface area contributed by atoms with Crippen molar-refractivity contribution in [3.63, 3.8) is 0 Å². The van der Waals surface area contributed by atoms with E-state index in [1.165, 1.54) is 0 Å². The maximum atomic E-state index is 12.6. The molecule has 0 saturated carbocycles. The van der Waals surface area contributed by atoms with E-state index in [-0.39, 0.29) is 6.61 Å². The van der Waals surface area contributed by atoms with Crippen LogP contribution in [0.2, 0.25) is 0 Å². The summed E-state index contributed by atoms with van der Waals surface area (Å²) in [5, 5.41) is 3.28. The number of hydrogen-bond acceptors (Lipinski definition) is 9. The molecule has 2 aliphatic heterocycles. The Bertz CT molecular complexity index is 1040. The van der Waals surface area contributed by atoms with Crippen LogP contribution >= 0.6 is 0 Å². The fourth-order valence-electron chi connectivity index (χ4n) is 3.54. The molecule has 4 heterocycles. The van der Waals surface area contributed by atoms with Crippen LogP contribution < -0.4 is 16.0 Å². The van der Waals surface area contributed by atoms with Gasteiger partial charge in [0.25, 0.3) is 0 Å². The molecule has 0 unspecified atom stereocenters. The normalized spacial score (nSPS) is 18.3. The minimum absolute atomic E-state index is 0.0516. The lowest BCUT2D eigenvalue weighted by Gasteiger charge is -2.29. The summed E-state index contributed by atoms with van der Waals surface area (Å²) >= 11 is 0. The van der Waals surface area contributed by atoms with Gasteiger partial charge in [-0.25, -0.2) is 19.7 Å². The van der Waals surface area contributed by atoms with E-state index in [2.05, 4.69) is 26.3 Å². The van der Waals surface area contributed by atoms with E-state index in [4.69, 9.17) is 20.4 Å². The van der Waals surface area contributed by atoms with Crippen LogP contribution in [0.5, 0.6) is 0 Å². The van der Waals surface area contributed by atoms with Crippen LogP contribution in [-0.2, 0) is 22.0 Å². The average Bonchev–Trinajstić information content (AvgIpc) is 3.14. The lowest BCUT2D eigenvalue weighted by molar-refractivity contribution is 0.138. The lowest BCUT2D eigenvalue weighted by Crippen LogP contribution is -2.39. The summed E-state index contributed by atoms with van der Waals surface area (Å²) < 4.78 is 17.5. The quantitative estimate of drug-likeness (QED) is 0.680. The van der Waals surface area contributed by atoms with Gasteiger partial charge in [0.2, 0.25) is 5.95 Å². The number of nitrogens with zero attached hydrogens (tertiary/aromatic N) is 5. The van der Waals surface area contributed by atoms with Crippen molar-refractivity contribution in [1.82, 2.24) is 19.9 Å². The molecule has 10 nitrogen and oxygen atoms in total. The molecule has 2 aromatic heterocycles. The molecule has 31 heavy (non-hydrogen) atoms. The number of nitrogens with one attached hydrogen (secondary N) is 1. The maximum Gasteiger partial charge on any atom is 0.404 e. The number of carbonyl (C=O) groups excluding carboxylic acids is 1. The molecule has 1 atom stereocenters. The Hall–Kier alpha value is -3.08. The minimum Gasteiger partial charge on any atom is -0.447 e. The summed E-state index contributed by atoms with van der Waals surface area (Å²) in [7, 11) is -1.17. The van der Waals surface area contributed by atoms with Crippen molar-refractivity contribution < 1.29 is 13.7 Å². The highest BCUT2D eigenvalue weighted by molar-refractivity contribution is 7.85. The molecule has 0 radical (unpaired) electrons. The number of hydrogen-bond donors (Lipinski definition) is 2. The van der Waals surface area contributed by atoms with Gasteiger partial charge in [0.05, 0.1) is 22.0 Å². The zero-order valence-corrected chi connectivity index (χ0v) is 18.3. The summed E-state index contributed by atoms with van der Waals surface area (Å²) in [5.41, 5.74) is 6.33. The van der Waals surface area contributed by atoms with Crippen molar-refractivity contribution in [2.24, 2.45) is 5.73 Å². The van der Waals surface area contributed by atoms with Gasteiger partial charge in [0.1, 0.15) is 17.3 Å². The molecular formula is C20H25N7O3S. The molecule has 0 aliphatic carbocycles. The summed E-state index contributed by atoms with van der Waals surface area (Å²) in [6, 6.07) is 1.80. The first kappa shape index (κ1) is 21.2. The molecular weight excluding hydrogens is 418 g/mol. The van der Waals surface area contributed by atoms with Gasteiger partial charge in [0.15, 0.2) is 5.82 Å².